The van der Waals surface area contributed by atoms with Gasteiger partial charge < -0.3 is 9.84 Å². The third-order valence-corrected chi connectivity index (χ3v) is 4.45. The Morgan fingerprint density at radius 1 is 1.39 bits per heavy atom. The van der Waals surface area contributed by atoms with Gasteiger partial charge in [0, 0.05) is 6.54 Å². The van der Waals surface area contributed by atoms with Crippen LogP contribution in [0, 0.1) is 0 Å². The van der Waals surface area contributed by atoms with Gasteiger partial charge in [0.25, 0.3) is 5.91 Å². The molecule has 1 aliphatic rings. The summed E-state index contributed by atoms with van der Waals surface area (Å²) in [6.45, 7) is 2.53. The van der Waals surface area contributed by atoms with E-state index in [1.54, 1.807) is 30.3 Å². The van der Waals surface area contributed by atoms with Crippen molar-refractivity contribution in [1.29, 1.82) is 0 Å². The molecule has 23 heavy (non-hydrogen) atoms. The van der Waals surface area contributed by atoms with Gasteiger partial charge in [-0.25, -0.2) is 0 Å². The van der Waals surface area contributed by atoms with Crippen molar-refractivity contribution >= 4 is 46.3 Å². The Morgan fingerprint density at radius 3 is 2.74 bits per heavy atom. The Bertz CT molecular complexity index is 640. The molecule has 1 N–H and O–H groups in total. The van der Waals surface area contributed by atoms with Gasteiger partial charge in [0.2, 0.25) is 0 Å². The van der Waals surface area contributed by atoms with Crippen LogP contribution in [0.2, 0.25) is 0 Å². The number of hydrogen-bond acceptors (Lipinski definition) is 6. The topological polar surface area (TPSA) is 66.8 Å². The Kier molecular flexibility index (Phi) is 6.18. The summed E-state index contributed by atoms with van der Waals surface area (Å²) in [6.07, 6.45) is 2.61. The number of thiocarbonyl (C=S) groups is 1. The summed E-state index contributed by atoms with van der Waals surface area (Å²) in [5, 5.41) is 9.27. The van der Waals surface area contributed by atoms with E-state index in [1.807, 2.05) is 6.92 Å². The third-order valence-electron chi connectivity index (χ3n) is 3.07. The van der Waals surface area contributed by atoms with E-state index in [-0.39, 0.29) is 30.6 Å². The average Bonchev–Trinajstić information content (AvgIpc) is 2.79. The number of hydrogen-bond donors (Lipinski definition) is 1. The van der Waals surface area contributed by atoms with Crippen molar-refractivity contribution in [2.24, 2.45) is 0 Å². The van der Waals surface area contributed by atoms with E-state index in [9.17, 15) is 14.7 Å². The number of aromatic hydroxyl groups is 1. The summed E-state index contributed by atoms with van der Waals surface area (Å²) in [5.74, 6) is -0.375. The Labute approximate surface area is 144 Å². The highest BCUT2D eigenvalue weighted by atomic mass is 32.2. The fraction of sp³-hybridized carbons (Fsp3) is 0.312. The lowest BCUT2D eigenvalue weighted by Gasteiger charge is -2.13. The molecule has 122 valence electrons. The van der Waals surface area contributed by atoms with Crippen molar-refractivity contribution in [1.82, 2.24) is 4.90 Å². The standard InChI is InChI=1S/C16H17NO4S2/c1-2-9-21-14(19)7-8-17-15(20)13(23-16(17)22)10-11-3-5-12(18)6-4-11/h3-6,10,18H,2,7-9H2,1H3/b13-10-. The number of phenolic OH excluding ortho intramolecular Hbond substituents is 1. The largest absolute Gasteiger partial charge is 0.508 e. The Hall–Kier alpha value is -1.86. The van der Waals surface area contributed by atoms with Crippen LogP contribution in [0.25, 0.3) is 6.08 Å². The maximum Gasteiger partial charge on any atom is 0.307 e. The van der Waals surface area contributed by atoms with Gasteiger partial charge in [-0.2, -0.15) is 0 Å². The van der Waals surface area contributed by atoms with Gasteiger partial charge in [0.05, 0.1) is 17.9 Å². The molecular weight excluding hydrogens is 334 g/mol. The van der Waals surface area contributed by atoms with Gasteiger partial charge in [-0.1, -0.05) is 43.0 Å². The van der Waals surface area contributed by atoms with Crippen molar-refractivity contribution in [3.05, 3.63) is 34.7 Å². The first-order valence-electron chi connectivity index (χ1n) is 7.21. The summed E-state index contributed by atoms with van der Waals surface area (Å²) in [4.78, 5) is 25.8. The molecule has 1 aliphatic heterocycles. The predicted molar refractivity (Wildman–Crippen MR) is 93.9 cm³/mol. The normalized spacial score (nSPS) is 16.2. The first-order chi connectivity index (χ1) is 11.0. The molecule has 0 radical (unpaired) electrons. The lowest BCUT2D eigenvalue weighted by molar-refractivity contribution is -0.143. The zero-order valence-corrected chi connectivity index (χ0v) is 14.3. The molecular formula is C16H17NO4S2. The van der Waals surface area contributed by atoms with Gasteiger partial charge in [-0.15, -0.1) is 0 Å². The maximum absolute atomic E-state index is 12.4. The van der Waals surface area contributed by atoms with Crippen molar-refractivity contribution in [2.75, 3.05) is 13.2 Å². The molecule has 0 aliphatic carbocycles. The van der Waals surface area contributed by atoms with E-state index < -0.39 is 0 Å². The molecule has 5 nitrogen and oxygen atoms in total. The van der Waals surface area contributed by atoms with Crippen LogP contribution in [0.15, 0.2) is 29.2 Å². The zero-order chi connectivity index (χ0) is 16.8. The summed E-state index contributed by atoms with van der Waals surface area (Å²) < 4.78 is 5.42. The van der Waals surface area contributed by atoms with E-state index in [2.05, 4.69) is 0 Å². The van der Waals surface area contributed by atoms with E-state index in [0.29, 0.717) is 15.8 Å². The van der Waals surface area contributed by atoms with Crippen LogP contribution in [-0.2, 0) is 14.3 Å². The van der Waals surface area contributed by atoms with Crippen LogP contribution in [0.3, 0.4) is 0 Å². The van der Waals surface area contributed by atoms with Crippen molar-refractivity contribution < 1.29 is 19.4 Å². The first-order valence-corrected chi connectivity index (χ1v) is 8.43. The summed E-state index contributed by atoms with van der Waals surface area (Å²) >= 11 is 6.41. The van der Waals surface area contributed by atoms with Gasteiger partial charge in [0.1, 0.15) is 10.1 Å². The van der Waals surface area contributed by atoms with E-state index >= 15 is 0 Å². The average molecular weight is 351 g/mol. The molecule has 1 saturated heterocycles. The first kappa shape index (κ1) is 17.5. The smallest absolute Gasteiger partial charge is 0.307 e. The number of ether oxygens (including phenoxy) is 1. The molecule has 0 spiro atoms. The number of carbonyl (C=O) groups is 2. The van der Waals surface area contributed by atoms with Crippen LogP contribution in [0.4, 0.5) is 0 Å². The van der Waals surface area contributed by atoms with Gasteiger partial charge in [-0.3, -0.25) is 14.5 Å². The van der Waals surface area contributed by atoms with Crippen molar-refractivity contribution in [2.45, 2.75) is 19.8 Å². The molecule has 1 aromatic carbocycles. The number of rotatable bonds is 6. The van der Waals surface area contributed by atoms with Gasteiger partial charge in [0.15, 0.2) is 0 Å². The van der Waals surface area contributed by atoms with Crippen LogP contribution < -0.4 is 0 Å². The zero-order valence-electron chi connectivity index (χ0n) is 12.7. The minimum absolute atomic E-state index is 0.124. The number of thioether (sulfide) groups is 1. The molecule has 7 heteroatoms. The second-order valence-corrected chi connectivity index (χ2v) is 6.57. The SMILES string of the molecule is CCCOC(=O)CCN1C(=O)/C(=C/c2ccc(O)cc2)SC1=S. The molecule has 1 amide bonds. The fourth-order valence-electron chi connectivity index (χ4n) is 1.91. The highest BCUT2D eigenvalue weighted by Gasteiger charge is 2.32. The van der Waals surface area contributed by atoms with Crippen LogP contribution in [-0.4, -0.2) is 39.4 Å². The molecule has 1 aromatic rings. The molecule has 0 aromatic heterocycles. The minimum atomic E-state index is -0.330. The third kappa shape index (κ3) is 4.80. The highest BCUT2D eigenvalue weighted by Crippen LogP contribution is 2.32. The van der Waals surface area contributed by atoms with Gasteiger partial charge >= 0.3 is 5.97 Å². The maximum atomic E-state index is 12.4. The number of phenols is 1. The second-order valence-electron chi connectivity index (χ2n) is 4.90. The molecule has 0 atom stereocenters. The fourth-order valence-corrected chi connectivity index (χ4v) is 3.21. The molecule has 2 rings (SSSR count). The number of nitrogens with zero attached hydrogens (tertiary/aromatic N) is 1. The monoisotopic (exact) mass is 351 g/mol. The lowest BCUT2D eigenvalue weighted by atomic mass is 10.2. The highest BCUT2D eigenvalue weighted by molar-refractivity contribution is 8.26. The number of esters is 1. The molecule has 0 saturated carbocycles. The van der Waals surface area contributed by atoms with E-state index in [1.165, 1.54) is 16.7 Å². The van der Waals surface area contributed by atoms with Crippen molar-refractivity contribution in [3.8, 4) is 5.75 Å². The van der Waals surface area contributed by atoms with Crippen molar-refractivity contribution in [3.63, 3.8) is 0 Å². The summed E-state index contributed by atoms with van der Waals surface area (Å²) in [6, 6.07) is 6.53. The van der Waals surface area contributed by atoms with Crippen LogP contribution >= 0.6 is 24.0 Å². The van der Waals surface area contributed by atoms with E-state index in [0.717, 1.165) is 12.0 Å². The summed E-state index contributed by atoms with van der Waals surface area (Å²) in [7, 11) is 0. The van der Waals surface area contributed by atoms with Gasteiger partial charge in [-0.05, 0) is 30.2 Å². The van der Waals surface area contributed by atoms with Crippen LogP contribution in [0.5, 0.6) is 5.75 Å². The quantitative estimate of drug-likeness (QED) is 0.483. The minimum Gasteiger partial charge on any atom is -0.508 e. The number of amides is 1. The number of benzene rings is 1. The lowest BCUT2D eigenvalue weighted by Crippen LogP contribution is -2.30. The van der Waals surface area contributed by atoms with Crippen LogP contribution in [0.1, 0.15) is 25.3 Å². The predicted octanol–water partition coefficient (Wildman–Crippen LogP) is 2.94. The van der Waals surface area contributed by atoms with E-state index in [4.69, 9.17) is 17.0 Å². The summed E-state index contributed by atoms with van der Waals surface area (Å²) in [5.41, 5.74) is 0.797. The molecule has 0 unspecified atom stereocenters. The molecule has 1 heterocycles. The Balaban J connectivity index is 1.99. The number of carbonyl (C=O) groups excluding carboxylic acids is 2. The molecule has 0 bridgehead atoms. The second kappa shape index (κ2) is 8.12. The molecule has 1 fully saturated rings. The Morgan fingerprint density at radius 2 is 2.09 bits per heavy atom.